The molecule has 8 atom stereocenters. The maximum absolute atomic E-state index is 15.2. The Balaban J connectivity index is 1.34. The van der Waals surface area contributed by atoms with Gasteiger partial charge in [0.15, 0.2) is 6.29 Å². The smallest absolute Gasteiger partial charge is 0.186 e. The van der Waals surface area contributed by atoms with Gasteiger partial charge in [-0.25, -0.2) is 8.78 Å². The zero-order valence-electron chi connectivity index (χ0n) is 32.5. The highest BCUT2D eigenvalue weighted by Gasteiger charge is 2.68. The normalized spacial score (nSPS) is 30.5. The predicted molar refractivity (Wildman–Crippen MR) is 201 cm³/mol. The van der Waals surface area contributed by atoms with Gasteiger partial charge in [-0.05, 0) is 56.4 Å². The standard InChI is InChI=1S/C42H76F2O8/c1-2-3-4-5-6-7-8-9-12-15-18-21-24-34(46)36(47)32(28-51-40-39(50)38(49)37(48)35(27-45)52-40)26-33(43)23-20-17-14-11-10-13-16-19-22-25-41-29-42(44,30-41)31-41/h26,32,34-40,45-50H,2-25,27-31H2,1H3/b33-26+/t32-,34+,35?,36-,37?,38?,39?,40?,41?,42?/m0/s1. The molecule has 2 bridgehead atoms. The number of unbranched alkanes of at least 4 members (excludes halogenated alkanes) is 19. The lowest BCUT2D eigenvalue weighted by Gasteiger charge is -2.66. The summed E-state index contributed by atoms with van der Waals surface area (Å²) in [6, 6.07) is 0. The highest BCUT2D eigenvalue weighted by molar-refractivity contribution is 5.18. The zero-order valence-corrected chi connectivity index (χ0v) is 32.5. The van der Waals surface area contributed by atoms with Crippen LogP contribution in [-0.2, 0) is 9.47 Å². The van der Waals surface area contributed by atoms with E-state index in [1.165, 1.54) is 89.5 Å². The van der Waals surface area contributed by atoms with Crippen LogP contribution in [0.3, 0.4) is 0 Å². The molecular formula is C42H76F2O8. The fraction of sp³-hybridized carbons (Fsp3) is 0.952. The highest BCUT2D eigenvalue weighted by Crippen LogP contribution is 2.71. The van der Waals surface area contributed by atoms with Gasteiger partial charge >= 0.3 is 0 Å². The van der Waals surface area contributed by atoms with Gasteiger partial charge in [0.05, 0.1) is 31.2 Å². The minimum atomic E-state index is -1.61. The minimum Gasteiger partial charge on any atom is -0.394 e. The molecule has 306 valence electrons. The van der Waals surface area contributed by atoms with Crippen molar-refractivity contribution in [3.8, 4) is 0 Å². The quantitative estimate of drug-likeness (QED) is 0.0379. The molecule has 1 saturated heterocycles. The number of allylic oxidation sites excluding steroid dienone is 1. The SMILES string of the molecule is CCCCCCCCCCCCCC[C@@H](O)[C@@H](O)[C@@H](/C=C(/F)CCCCCCCCCCCC12CC(F)(C1)C2)COC1OC(CO)C(O)C(O)C1O. The first-order valence-corrected chi connectivity index (χ1v) is 21.4. The summed E-state index contributed by atoms with van der Waals surface area (Å²) in [4.78, 5) is 0. The molecule has 0 spiro atoms. The molecule has 8 nitrogen and oxygen atoms in total. The average Bonchev–Trinajstić information content (AvgIpc) is 3.10. The molecule has 3 saturated carbocycles. The van der Waals surface area contributed by atoms with Crippen LogP contribution >= 0.6 is 0 Å². The van der Waals surface area contributed by atoms with Gasteiger partial charge in [0.2, 0.25) is 0 Å². The number of hydrogen-bond acceptors (Lipinski definition) is 8. The Morgan fingerprint density at radius 3 is 1.75 bits per heavy atom. The van der Waals surface area contributed by atoms with Crippen LogP contribution in [0.2, 0.25) is 0 Å². The van der Waals surface area contributed by atoms with E-state index >= 15 is 4.39 Å². The molecule has 1 heterocycles. The highest BCUT2D eigenvalue weighted by atomic mass is 19.1. The van der Waals surface area contributed by atoms with Crippen LogP contribution in [0.1, 0.15) is 180 Å². The lowest BCUT2D eigenvalue weighted by Crippen LogP contribution is -2.64. The second-order valence-electron chi connectivity index (χ2n) is 16.9. The molecule has 10 heteroatoms. The van der Waals surface area contributed by atoms with Gasteiger partial charge < -0.3 is 40.1 Å². The Morgan fingerprint density at radius 1 is 0.731 bits per heavy atom. The summed E-state index contributed by atoms with van der Waals surface area (Å²) >= 11 is 0. The molecule has 52 heavy (non-hydrogen) atoms. The van der Waals surface area contributed by atoms with E-state index in [9.17, 15) is 35.0 Å². The van der Waals surface area contributed by atoms with Crippen molar-refractivity contribution in [2.75, 3.05) is 13.2 Å². The third-order valence-corrected chi connectivity index (χ3v) is 12.1. The molecule has 0 aromatic carbocycles. The fourth-order valence-corrected chi connectivity index (χ4v) is 8.78. The van der Waals surface area contributed by atoms with Crippen LogP contribution < -0.4 is 0 Å². The van der Waals surface area contributed by atoms with E-state index in [1.807, 2.05) is 0 Å². The Labute approximate surface area is 313 Å². The van der Waals surface area contributed by atoms with Crippen molar-refractivity contribution in [3.63, 3.8) is 0 Å². The lowest BCUT2D eigenvalue weighted by atomic mass is 9.41. The summed E-state index contributed by atoms with van der Waals surface area (Å²) in [7, 11) is 0. The van der Waals surface area contributed by atoms with Crippen LogP contribution in [-0.4, -0.2) is 92.4 Å². The zero-order chi connectivity index (χ0) is 37.8. The van der Waals surface area contributed by atoms with Crippen molar-refractivity contribution in [3.05, 3.63) is 11.9 Å². The second kappa shape index (κ2) is 24.7. The van der Waals surface area contributed by atoms with Gasteiger partial charge in [0, 0.05) is 5.92 Å². The van der Waals surface area contributed by atoms with E-state index in [4.69, 9.17) is 9.47 Å². The van der Waals surface area contributed by atoms with E-state index in [2.05, 4.69) is 6.92 Å². The van der Waals surface area contributed by atoms with Crippen LogP contribution in [0.4, 0.5) is 8.78 Å². The summed E-state index contributed by atoms with van der Waals surface area (Å²) in [6.45, 7) is 1.33. The maximum Gasteiger partial charge on any atom is 0.186 e. The third-order valence-electron chi connectivity index (χ3n) is 12.1. The Bertz CT molecular complexity index is 946. The molecular weight excluding hydrogens is 670 g/mol. The van der Waals surface area contributed by atoms with Crippen molar-refractivity contribution in [1.29, 1.82) is 0 Å². The molecule has 0 aromatic heterocycles. The molecule has 0 radical (unpaired) electrons. The van der Waals surface area contributed by atoms with Crippen molar-refractivity contribution in [1.82, 2.24) is 0 Å². The number of alkyl halides is 1. The fourth-order valence-electron chi connectivity index (χ4n) is 8.78. The van der Waals surface area contributed by atoms with Crippen molar-refractivity contribution < 1.29 is 48.9 Å². The van der Waals surface area contributed by atoms with Crippen LogP contribution in [0.5, 0.6) is 0 Å². The van der Waals surface area contributed by atoms with Crippen molar-refractivity contribution >= 4 is 0 Å². The first-order valence-electron chi connectivity index (χ1n) is 21.4. The van der Waals surface area contributed by atoms with Gasteiger partial charge in [-0.15, -0.1) is 0 Å². The predicted octanol–water partition coefficient (Wildman–Crippen LogP) is 8.27. The summed E-state index contributed by atoms with van der Waals surface area (Å²) < 4.78 is 40.0. The van der Waals surface area contributed by atoms with Crippen LogP contribution in [0.15, 0.2) is 11.9 Å². The maximum atomic E-state index is 15.2. The van der Waals surface area contributed by atoms with Gasteiger partial charge in [-0.2, -0.15) is 0 Å². The molecule has 4 aliphatic rings. The summed E-state index contributed by atoms with van der Waals surface area (Å²) in [5.41, 5.74) is -0.429. The largest absolute Gasteiger partial charge is 0.394 e. The summed E-state index contributed by atoms with van der Waals surface area (Å²) in [5, 5.41) is 62.1. The number of rotatable bonds is 32. The van der Waals surface area contributed by atoms with E-state index in [0.717, 1.165) is 70.6 Å². The van der Waals surface area contributed by atoms with E-state index in [-0.39, 0.29) is 13.0 Å². The molecule has 1 aliphatic heterocycles. The molecule has 5 unspecified atom stereocenters. The number of aliphatic hydroxyl groups is 6. The number of halogens is 2. The summed E-state index contributed by atoms with van der Waals surface area (Å²) in [5.74, 6) is -1.34. The topological polar surface area (TPSA) is 140 Å². The Kier molecular flexibility index (Phi) is 21.7. The minimum absolute atomic E-state index is 0.208. The Hall–Kier alpha value is -0.720. The van der Waals surface area contributed by atoms with E-state index < -0.39 is 66.9 Å². The first-order chi connectivity index (χ1) is 25.0. The van der Waals surface area contributed by atoms with Gasteiger partial charge in [0.25, 0.3) is 0 Å². The van der Waals surface area contributed by atoms with Gasteiger partial charge in [-0.1, -0.05) is 135 Å². The third kappa shape index (κ3) is 15.8. The van der Waals surface area contributed by atoms with E-state index in [0.29, 0.717) is 18.3 Å². The number of ether oxygens (including phenoxy) is 2. The van der Waals surface area contributed by atoms with E-state index in [1.54, 1.807) is 0 Å². The van der Waals surface area contributed by atoms with Gasteiger partial charge in [-0.3, -0.25) is 0 Å². The molecule has 0 amide bonds. The van der Waals surface area contributed by atoms with Crippen molar-refractivity contribution in [2.45, 2.75) is 229 Å². The van der Waals surface area contributed by atoms with Crippen LogP contribution in [0.25, 0.3) is 0 Å². The first kappa shape index (κ1) is 45.7. The van der Waals surface area contributed by atoms with Crippen molar-refractivity contribution in [2.24, 2.45) is 11.3 Å². The molecule has 4 fully saturated rings. The molecule has 4 rings (SSSR count). The second-order valence-corrected chi connectivity index (χ2v) is 16.9. The molecule has 6 N–H and O–H groups in total. The summed E-state index contributed by atoms with van der Waals surface area (Å²) in [6.07, 6.45) is 19.7. The number of aliphatic hydroxyl groups excluding tert-OH is 6. The Morgan fingerprint density at radius 2 is 1.23 bits per heavy atom. The average molecular weight is 747 g/mol. The molecule has 3 aliphatic carbocycles. The lowest BCUT2D eigenvalue weighted by molar-refractivity contribution is -0.303. The monoisotopic (exact) mass is 747 g/mol. The number of hydrogen-bond donors (Lipinski definition) is 6. The molecule has 0 aromatic rings. The van der Waals surface area contributed by atoms with Crippen LogP contribution in [0, 0.1) is 11.3 Å². The van der Waals surface area contributed by atoms with Gasteiger partial charge in [0.1, 0.15) is 30.1 Å².